The van der Waals surface area contributed by atoms with E-state index in [-0.39, 0.29) is 31.0 Å². The largest absolute Gasteiger partial charge is 0.484 e. The SMILES string of the molecule is CC[C@H](C)NC(=O)[C@H](Cc1ccccc1)N(Cc1ccc(Cl)cc1)C(=O)COc1cc(C)c(Br)c(C)c1. The van der Waals surface area contributed by atoms with E-state index >= 15 is 0 Å². The van der Waals surface area contributed by atoms with Crippen molar-refractivity contribution >= 4 is 39.3 Å². The molecule has 0 aromatic heterocycles. The Balaban J connectivity index is 1.92. The first-order valence-electron chi connectivity index (χ1n) is 12.5. The summed E-state index contributed by atoms with van der Waals surface area (Å²) in [6.45, 7) is 8.01. The molecule has 3 rings (SSSR count). The number of aryl methyl sites for hydroxylation is 2. The monoisotopic (exact) mass is 584 g/mol. The Labute approximate surface area is 233 Å². The molecule has 3 aromatic carbocycles. The predicted octanol–water partition coefficient (Wildman–Crippen LogP) is 6.65. The lowest BCUT2D eigenvalue weighted by Crippen LogP contribution is -2.53. The van der Waals surface area contributed by atoms with Crippen LogP contribution in [0.15, 0.2) is 71.2 Å². The summed E-state index contributed by atoms with van der Waals surface area (Å²) in [4.78, 5) is 28.9. The van der Waals surface area contributed by atoms with Crippen molar-refractivity contribution in [3.63, 3.8) is 0 Å². The molecule has 3 aromatic rings. The fourth-order valence-corrected chi connectivity index (χ4v) is 4.35. The van der Waals surface area contributed by atoms with Crippen molar-refractivity contribution in [1.29, 1.82) is 0 Å². The molecule has 0 aliphatic rings. The van der Waals surface area contributed by atoms with Crippen LogP contribution in [-0.4, -0.2) is 35.4 Å². The molecular weight excluding hydrogens is 552 g/mol. The van der Waals surface area contributed by atoms with Crippen LogP contribution >= 0.6 is 27.5 Å². The van der Waals surface area contributed by atoms with Crippen molar-refractivity contribution in [3.05, 3.63) is 98.5 Å². The fourth-order valence-electron chi connectivity index (χ4n) is 4.00. The van der Waals surface area contributed by atoms with E-state index in [0.29, 0.717) is 17.2 Å². The van der Waals surface area contributed by atoms with Crippen molar-refractivity contribution < 1.29 is 14.3 Å². The van der Waals surface area contributed by atoms with Crippen LogP contribution in [0.1, 0.15) is 42.5 Å². The van der Waals surface area contributed by atoms with E-state index in [9.17, 15) is 9.59 Å². The number of rotatable bonds is 11. The maximum Gasteiger partial charge on any atom is 0.261 e. The molecule has 2 atom stereocenters. The number of carbonyl (C=O) groups excluding carboxylic acids is 2. The van der Waals surface area contributed by atoms with Gasteiger partial charge in [0.15, 0.2) is 6.61 Å². The molecule has 1 N–H and O–H groups in total. The second kappa shape index (κ2) is 13.6. The average molecular weight is 586 g/mol. The lowest BCUT2D eigenvalue weighted by Gasteiger charge is -2.32. The molecule has 0 saturated heterocycles. The zero-order valence-corrected chi connectivity index (χ0v) is 24.1. The molecule has 0 spiro atoms. The van der Waals surface area contributed by atoms with Crippen molar-refractivity contribution in [2.75, 3.05) is 6.61 Å². The molecule has 0 aliphatic heterocycles. The molecule has 0 unspecified atom stereocenters. The van der Waals surface area contributed by atoms with Crippen LogP contribution in [0.2, 0.25) is 5.02 Å². The first kappa shape index (κ1) is 28.7. The van der Waals surface area contributed by atoms with Crippen molar-refractivity contribution in [2.24, 2.45) is 0 Å². The fraction of sp³-hybridized carbons (Fsp3) is 0.333. The molecule has 0 bridgehead atoms. The molecule has 0 radical (unpaired) electrons. The van der Waals surface area contributed by atoms with Crippen LogP contribution in [0.4, 0.5) is 0 Å². The molecule has 7 heteroatoms. The van der Waals surface area contributed by atoms with Crippen molar-refractivity contribution in [2.45, 2.75) is 59.2 Å². The summed E-state index contributed by atoms with van der Waals surface area (Å²) in [6.07, 6.45) is 1.18. The minimum absolute atomic E-state index is 0.0109. The van der Waals surface area contributed by atoms with Gasteiger partial charge in [-0.1, -0.05) is 76.9 Å². The summed E-state index contributed by atoms with van der Waals surface area (Å²) >= 11 is 9.66. The third-order valence-electron chi connectivity index (χ3n) is 6.31. The van der Waals surface area contributed by atoms with E-state index in [1.165, 1.54) is 0 Å². The summed E-state index contributed by atoms with van der Waals surface area (Å²) in [5, 5.41) is 3.69. The number of benzene rings is 3. The Morgan fingerprint density at radius 2 is 1.62 bits per heavy atom. The quantitative estimate of drug-likeness (QED) is 0.274. The number of nitrogens with zero attached hydrogens (tertiary/aromatic N) is 1. The zero-order valence-electron chi connectivity index (χ0n) is 21.8. The van der Waals surface area contributed by atoms with Gasteiger partial charge in [0.05, 0.1) is 0 Å². The van der Waals surface area contributed by atoms with E-state index in [1.807, 2.05) is 82.3 Å². The lowest BCUT2D eigenvalue weighted by molar-refractivity contribution is -0.143. The highest BCUT2D eigenvalue weighted by Crippen LogP contribution is 2.26. The maximum atomic E-state index is 13.7. The van der Waals surface area contributed by atoms with Crippen LogP contribution in [0.5, 0.6) is 5.75 Å². The van der Waals surface area contributed by atoms with Crippen LogP contribution < -0.4 is 10.1 Å². The molecule has 0 heterocycles. The van der Waals surface area contributed by atoms with E-state index in [0.717, 1.165) is 33.1 Å². The van der Waals surface area contributed by atoms with Crippen LogP contribution in [0.25, 0.3) is 0 Å². The van der Waals surface area contributed by atoms with Gasteiger partial charge in [-0.3, -0.25) is 9.59 Å². The van der Waals surface area contributed by atoms with Crippen LogP contribution in [0, 0.1) is 13.8 Å². The Kier molecular flexibility index (Phi) is 10.6. The highest BCUT2D eigenvalue weighted by atomic mass is 79.9. The molecule has 0 saturated carbocycles. The van der Waals surface area contributed by atoms with Crippen LogP contribution in [-0.2, 0) is 22.6 Å². The standard InChI is InChI=1S/C30H34BrClN2O3/c1-5-22(4)33-30(36)27(17-23-9-7-6-8-10-23)34(18-24-11-13-25(32)14-12-24)28(35)19-37-26-15-20(2)29(31)21(3)16-26/h6-16,22,27H,5,17-19H2,1-4H3,(H,33,36)/t22-,27-/m0/s1. The molecule has 0 aliphatic carbocycles. The summed E-state index contributed by atoms with van der Waals surface area (Å²) in [5.74, 6) is 0.158. The number of nitrogens with one attached hydrogen (secondary N) is 1. The third kappa shape index (κ3) is 8.34. The maximum absolute atomic E-state index is 13.7. The smallest absolute Gasteiger partial charge is 0.261 e. The molecule has 196 valence electrons. The van der Waals surface area contributed by atoms with E-state index < -0.39 is 6.04 Å². The van der Waals surface area contributed by atoms with E-state index in [2.05, 4.69) is 21.2 Å². The first-order valence-corrected chi connectivity index (χ1v) is 13.6. The number of hydrogen-bond acceptors (Lipinski definition) is 3. The highest BCUT2D eigenvalue weighted by Gasteiger charge is 2.31. The lowest BCUT2D eigenvalue weighted by atomic mass is 10.0. The number of ether oxygens (including phenoxy) is 1. The average Bonchev–Trinajstić information content (AvgIpc) is 2.89. The van der Waals surface area contributed by atoms with Crippen molar-refractivity contribution in [3.8, 4) is 5.75 Å². The summed E-state index contributed by atoms with van der Waals surface area (Å²) in [5.41, 5.74) is 3.90. The number of hydrogen-bond donors (Lipinski definition) is 1. The number of amides is 2. The van der Waals surface area contributed by atoms with Gasteiger partial charge >= 0.3 is 0 Å². The second-order valence-electron chi connectivity index (χ2n) is 9.33. The zero-order chi connectivity index (χ0) is 26.9. The normalized spacial score (nSPS) is 12.5. The Bertz CT molecular complexity index is 1180. The minimum atomic E-state index is -0.712. The summed E-state index contributed by atoms with van der Waals surface area (Å²) < 4.78 is 6.95. The van der Waals surface area contributed by atoms with Gasteiger partial charge in [-0.15, -0.1) is 0 Å². The first-order chi connectivity index (χ1) is 17.7. The molecular formula is C30H34BrClN2O3. The summed E-state index contributed by atoms with van der Waals surface area (Å²) in [6, 6.07) is 20.1. The molecule has 0 fully saturated rings. The summed E-state index contributed by atoms with van der Waals surface area (Å²) in [7, 11) is 0. The Morgan fingerprint density at radius 3 is 2.22 bits per heavy atom. The van der Waals surface area contributed by atoms with Gasteiger partial charge in [-0.05, 0) is 73.7 Å². The molecule has 37 heavy (non-hydrogen) atoms. The van der Waals surface area contributed by atoms with E-state index in [4.69, 9.17) is 16.3 Å². The van der Waals surface area contributed by atoms with Crippen molar-refractivity contribution in [1.82, 2.24) is 10.2 Å². The van der Waals surface area contributed by atoms with Gasteiger partial charge in [0.1, 0.15) is 11.8 Å². The third-order valence-corrected chi connectivity index (χ3v) is 7.81. The topological polar surface area (TPSA) is 58.6 Å². The van der Waals surface area contributed by atoms with Gasteiger partial charge in [0, 0.05) is 28.5 Å². The molecule has 5 nitrogen and oxygen atoms in total. The number of carbonyl (C=O) groups is 2. The Morgan fingerprint density at radius 1 is 1.00 bits per heavy atom. The molecule has 2 amide bonds. The van der Waals surface area contributed by atoms with Gasteiger partial charge < -0.3 is 15.0 Å². The van der Waals surface area contributed by atoms with E-state index in [1.54, 1.807) is 17.0 Å². The second-order valence-corrected chi connectivity index (χ2v) is 10.6. The minimum Gasteiger partial charge on any atom is -0.484 e. The van der Waals surface area contributed by atoms with Gasteiger partial charge in [0.25, 0.3) is 5.91 Å². The van der Waals surface area contributed by atoms with Gasteiger partial charge in [-0.2, -0.15) is 0 Å². The predicted molar refractivity (Wildman–Crippen MR) is 153 cm³/mol. The Hall–Kier alpha value is -2.83. The van der Waals surface area contributed by atoms with Crippen LogP contribution in [0.3, 0.4) is 0 Å². The van der Waals surface area contributed by atoms with Gasteiger partial charge in [0.2, 0.25) is 5.91 Å². The van der Waals surface area contributed by atoms with Gasteiger partial charge in [-0.25, -0.2) is 0 Å². The number of halogens is 2. The highest BCUT2D eigenvalue weighted by molar-refractivity contribution is 9.10.